The Morgan fingerprint density at radius 1 is 1.06 bits per heavy atom. The molecule has 1 fully saturated rings. The Morgan fingerprint density at radius 2 is 1.88 bits per heavy atom. The third kappa shape index (κ3) is 3.77. The second kappa shape index (κ2) is 8.06. The summed E-state index contributed by atoms with van der Waals surface area (Å²) in [5.74, 6) is -0.120. The van der Waals surface area contributed by atoms with Crippen LogP contribution < -0.4 is 0 Å². The van der Waals surface area contributed by atoms with E-state index in [2.05, 4.69) is 5.10 Å². The van der Waals surface area contributed by atoms with Gasteiger partial charge in [-0.05, 0) is 57.4 Å². The molecule has 2 atom stereocenters. The summed E-state index contributed by atoms with van der Waals surface area (Å²) in [7, 11) is 1.90. The number of hydrogen-bond acceptors (Lipinski definition) is 5. The second-order valence-electron chi connectivity index (χ2n) is 8.67. The molecule has 0 N–H and O–H groups in total. The van der Waals surface area contributed by atoms with Gasteiger partial charge in [-0.15, -0.1) is 0 Å². The molecule has 0 unspecified atom stereocenters. The summed E-state index contributed by atoms with van der Waals surface area (Å²) < 4.78 is 22.8. The Kier molecular flexibility index (Phi) is 5.21. The molecule has 0 aliphatic carbocycles. The average Bonchev–Trinajstić information content (AvgIpc) is 3.21. The largest absolute Gasteiger partial charge is 0.373 e. The van der Waals surface area contributed by atoms with Gasteiger partial charge in [0.15, 0.2) is 0 Å². The molecule has 1 aliphatic heterocycles. The average molecular weight is 432 g/mol. The third-order valence-corrected chi connectivity index (χ3v) is 6.26. The summed E-state index contributed by atoms with van der Waals surface area (Å²) in [6.45, 7) is 6.38. The van der Waals surface area contributed by atoms with Gasteiger partial charge in [-0.25, -0.2) is 19.3 Å². The van der Waals surface area contributed by atoms with Crippen LogP contribution in [0.4, 0.5) is 4.39 Å². The van der Waals surface area contributed by atoms with Gasteiger partial charge in [-0.3, -0.25) is 4.68 Å². The standard InChI is InChI=1S/C25H26FN5O/c1-14-5-6-19(20(26)9-14)24-25-22(28-15(2)16(3)29-25)11-21(30-24)17-7-8-32-23(10-17)18-12-27-31(4)13-18/h5-6,9,11-13,17,23H,7-8,10H2,1-4H3/t17-,23-/m1/s1. The van der Waals surface area contributed by atoms with Crippen molar-refractivity contribution >= 4 is 11.0 Å². The molecule has 0 saturated carbocycles. The van der Waals surface area contributed by atoms with E-state index in [1.54, 1.807) is 10.7 Å². The van der Waals surface area contributed by atoms with E-state index in [0.717, 1.165) is 46.6 Å². The summed E-state index contributed by atoms with van der Waals surface area (Å²) in [4.78, 5) is 14.5. The number of pyridine rings is 1. The van der Waals surface area contributed by atoms with Crippen molar-refractivity contribution in [1.82, 2.24) is 24.7 Å². The second-order valence-corrected chi connectivity index (χ2v) is 8.67. The minimum atomic E-state index is -0.295. The Morgan fingerprint density at radius 3 is 2.62 bits per heavy atom. The molecule has 164 valence electrons. The van der Waals surface area contributed by atoms with E-state index in [9.17, 15) is 4.39 Å². The lowest BCUT2D eigenvalue weighted by atomic mass is 9.89. The zero-order valence-corrected chi connectivity index (χ0v) is 18.8. The van der Waals surface area contributed by atoms with E-state index in [1.807, 2.05) is 52.3 Å². The van der Waals surface area contributed by atoms with Crippen LogP contribution in [0.3, 0.4) is 0 Å². The molecule has 1 saturated heterocycles. The molecule has 0 radical (unpaired) electrons. The van der Waals surface area contributed by atoms with Crippen LogP contribution in [0.25, 0.3) is 22.3 Å². The number of benzene rings is 1. The number of ether oxygens (including phenoxy) is 1. The highest BCUT2D eigenvalue weighted by molar-refractivity contribution is 5.89. The first-order valence-electron chi connectivity index (χ1n) is 10.9. The first kappa shape index (κ1) is 20.7. The van der Waals surface area contributed by atoms with Gasteiger partial charge in [0.25, 0.3) is 0 Å². The molecule has 1 aliphatic rings. The van der Waals surface area contributed by atoms with Crippen molar-refractivity contribution < 1.29 is 9.13 Å². The topological polar surface area (TPSA) is 65.7 Å². The first-order valence-corrected chi connectivity index (χ1v) is 10.9. The maximum atomic E-state index is 15.0. The first-order chi connectivity index (χ1) is 15.4. The molecule has 7 heteroatoms. The molecule has 4 aromatic rings. The number of halogens is 1. The van der Waals surface area contributed by atoms with E-state index in [4.69, 9.17) is 19.7 Å². The number of aryl methyl sites for hydroxylation is 4. The lowest BCUT2D eigenvalue weighted by molar-refractivity contribution is 0.00464. The van der Waals surface area contributed by atoms with Crippen LogP contribution in [-0.2, 0) is 11.8 Å². The van der Waals surface area contributed by atoms with Gasteiger partial charge in [0.2, 0.25) is 0 Å². The SMILES string of the molecule is Cc1ccc(-c2nc([C@@H]3CCO[C@@H](c4cnn(C)c4)C3)cc3nc(C)c(C)nc23)c(F)c1. The van der Waals surface area contributed by atoms with Crippen molar-refractivity contribution in [2.24, 2.45) is 7.05 Å². The number of aromatic nitrogens is 5. The molecule has 0 spiro atoms. The Balaban J connectivity index is 1.62. The molecule has 1 aromatic carbocycles. The maximum absolute atomic E-state index is 15.0. The van der Waals surface area contributed by atoms with Gasteiger partial charge in [-0.1, -0.05) is 6.07 Å². The minimum Gasteiger partial charge on any atom is -0.373 e. The molecule has 3 aromatic heterocycles. The van der Waals surface area contributed by atoms with Gasteiger partial charge < -0.3 is 4.74 Å². The summed E-state index contributed by atoms with van der Waals surface area (Å²) in [6, 6.07) is 7.24. The lowest BCUT2D eigenvalue weighted by Gasteiger charge is -2.29. The Bertz CT molecular complexity index is 1320. The van der Waals surface area contributed by atoms with Crippen molar-refractivity contribution in [2.75, 3.05) is 6.61 Å². The van der Waals surface area contributed by atoms with Crippen molar-refractivity contribution in [2.45, 2.75) is 45.6 Å². The van der Waals surface area contributed by atoms with E-state index in [0.29, 0.717) is 23.4 Å². The zero-order chi connectivity index (χ0) is 22.4. The predicted molar refractivity (Wildman–Crippen MR) is 121 cm³/mol. The van der Waals surface area contributed by atoms with Gasteiger partial charge in [0.1, 0.15) is 17.0 Å². The fourth-order valence-corrected chi connectivity index (χ4v) is 4.36. The van der Waals surface area contributed by atoms with Crippen LogP contribution in [0.5, 0.6) is 0 Å². The fourth-order valence-electron chi connectivity index (χ4n) is 4.36. The van der Waals surface area contributed by atoms with E-state index < -0.39 is 0 Å². The summed E-state index contributed by atoms with van der Waals surface area (Å²) in [6.07, 6.45) is 5.45. The third-order valence-electron chi connectivity index (χ3n) is 6.26. The van der Waals surface area contributed by atoms with Gasteiger partial charge >= 0.3 is 0 Å². The Hall–Kier alpha value is -3.19. The smallest absolute Gasteiger partial charge is 0.132 e. The monoisotopic (exact) mass is 431 g/mol. The fraction of sp³-hybridized carbons (Fsp3) is 0.360. The van der Waals surface area contributed by atoms with Crippen LogP contribution in [-0.4, -0.2) is 31.3 Å². The molecule has 4 heterocycles. The van der Waals surface area contributed by atoms with Crippen LogP contribution in [0.1, 0.15) is 53.1 Å². The quantitative estimate of drug-likeness (QED) is 0.450. The number of rotatable bonds is 3. The molecule has 32 heavy (non-hydrogen) atoms. The maximum Gasteiger partial charge on any atom is 0.132 e. The highest BCUT2D eigenvalue weighted by Crippen LogP contribution is 2.39. The molecular formula is C25H26FN5O. The molecule has 0 bridgehead atoms. The molecule has 0 amide bonds. The molecular weight excluding hydrogens is 405 g/mol. The van der Waals surface area contributed by atoms with Crippen LogP contribution in [0.15, 0.2) is 36.7 Å². The highest BCUT2D eigenvalue weighted by atomic mass is 19.1. The molecule has 6 nitrogen and oxygen atoms in total. The zero-order valence-electron chi connectivity index (χ0n) is 18.8. The molecule has 5 rings (SSSR count). The van der Waals surface area contributed by atoms with E-state index >= 15 is 0 Å². The van der Waals surface area contributed by atoms with Gasteiger partial charge in [0.05, 0.1) is 29.2 Å². The van der Waals surface area contributed by atoms with E-state index in [1.165, 1.54) is 6.07 Å². The number of hydrogen-bond donors (Lipinski definition) is 0. The summed E-state index contributed by atoms with van der Waals surface area (Å²) in [5.41, 5.74) is 6.91. The van der Waals surface area contributed by atoms with Gasteiger partial charge in [-0.2, -0.15) is 5.10 Å². The van der Waals surface area contributed by atoms with Crippen LogP contribution in [0, 0.1) is 26.6 Å². The predicted octanol–water partition coefficient (Wildman–Crippen LogP) is 5.12. The van der Waals surface area contributed by atoms with Crippen molar-refractivity contribution in [3.63, 3.8) is 0 Å². The lowest BCUT2D eigenvalue weighted by Crippen LogP contribution is -2.19. The van der Waals surface area contributed by atoms with Gasteiger partial charge in [0, 0.05) is 42.6 Å². The summed E-state index contributed by atoms with van der Waals surface area (Å²) in [5, 5.41) is 4.28. The number of fused-ring (bicyclic) bond motifs is 1. The van der Waals surface area contributed by atoms with Crippen LogP contribution in [0.2, 0.25) is 0 Å². The van der Waals surface area contributed by atoms with Crippen molar-refractivity contribution in [3.8, 4) is 11.3 Å². The minimum absolute atomic E-state index is 0.0367. The van der Waals surface area contributed by atoms with Crippen LogP contribution >= 0.6 is 0 Å². The summed E-state index contributed by atoms with van der Waals surface area (Å²) >= 11 is 0. The number of nitrogens with zero attached hydrogens (tertiary/aromatic N) is 5. The highest BCUT2D eigenvalue weighted by Gasteiger charge is 2.28. The normalized spacial score (nSPS) is 18.9. The van der Waals surface area contributed by atoms with Crippen molar-refractivity contribution in [3.05, 3.63) is 70.7 Å². The van der Waals surface area contributed by atoms with Crippen molar-refractivity contribution in [1.29, 1.82) is 0 Å². The Labute approximate surface area is 186 Å². The van der Waals surface area contributed by atoms with E-state index in [-0.39, 0.29) is 17.8 Å².